The number of fused-ring (bicyclic) bond motifs is 1. The number of pyridine rings is 1. The molecule has 1 atom stereocenters. The van der Waals surface area contributed by atoms with Gasteiger partial charge in [-0.15, -0.1) is 0 Å². The van der Waals surface area contributed by atoms with Crippen molar-refractivity contribution < 1.29 is 4.74 Å². The predicted molar refractivity (Wildman–Crippen MR) is 168 cm³/mol. The first-order valence-electron chi connectivity index (χ1n) is 14.4. The lowest BCUT2D eigenvalue weighted by molar-refractivity contribution is 0.000433. The van der Waals surface area contributed by atoms with Crippen LogP contribution in [0.3, 0.4) is 0 Å². The maximum atomic E-state index is 13.6. The minimum absolute atomic E-state index is 0.0147. The van der Waals surface area contributed by atoms with E-state index < -0.39 is 5.54 Å². The number of aryl methyl sites for hydroxylation is 1. The van der Waals surface area contributed by atoms with Crippen LogP contribution in [0.5, 0.6) is 0 Å². The van der Waals surface area contributed by atoms with Crippen molar-refractivity contribution in [1.82, 2.24) is 19.0 Å². The Kier molecular flexibility index (Phi) is 7.19. The molecule has 5 aromatic rings. The van der Waals surface area contributed by atoms with Crippen LogP contribution in [0.4, 0.5) is 0 Å². The van der Waals surface area contributed by atoms with Crippen molar-refractivity contribution >= 4 is 34.1 Å². The lowest BCUT2D eigenvalue weighted by atomic mass is 9.77. The summed E-state index contributed by atoms with van der Waals surface area (Å²) in [6.07, 6.45) is 6.14. The van der Waals surface area contributed by atoms with Gasteiger partial charge in [0.15, 0.2) is 0 Å². The SMILES string of the molecule is Cn1cncc1C(c1ccc(Cl)cc1)(c1ccc2c(c1)c(-c1cccc(Cl)c1)cc(=O)n2CC1CC1)N1CCOCC1. The second-order valence-corrected chi connectivity index (χ2v) is 12.3. The van der Waals surface area contributed by atoms with Crippen molar-refractivity contribution in [3.05, 3.63) is 123 Å². The second kappa shape index (κ2) is 11.0. The third kappa shape index (κ3) is 4.77. The van der Waals surface area contributed by atoms with Crippen LogP contribution in [-0.4, -0.2) is 45.3 Å². The molecule has 1 saturated heterocycles. The molecular formula is C34H32Cl2N4O2. The van der Waals surface area contributed by atoms with Crippen LogP contribution in [0.25, 0.3) is 22.0 Å². The third-order valence-corrected chi connectivity index (χ3v) is 9.22. The molecule has 42 heavy (non-hydrogen) atoms. The minimum atomic E-state index is -0.684. The number of morpholine rings is 1. The maximum Gasteiger partial charge on any atom is 0.251 e. The average Bonchev–Trinajstić information content (AvgIpc) is 3.73. The number of rotatable bonds is 7. The van der Waals surface area contributed by atoms with Gasteiger partial charge < -0.3 is 13.9 Å². The number of ether oxygens (including phenoxy) is 1. The molecule has 7 rings (SSSR count). The van der Waals surface area contributed by atoms with Gasteiger partial charge in [-0.2, -0.15) is 0 Å². The molecule has 1 aliphatic heterocycles. The standard InChI is InChI=1S/C34H32Cl2N4O2/c1-38-22-37-20-32(38)34(39-13-15-42-16-14-39,25-7-10-27(35)11-8-25)26-9-12-31-30(18-26)29(24-3-2-4-28(36)17-24)19-33(41)40(31)21-23-5-6-23/h2-4,7-12,17-20,22-23H,5-6,13-16,21H2,1H3. The molecule has 2 aromatic heterocycles. The quantitative estimate of drug-likeness (QED) is 0.208. The van der Waals surface area contributed by atoms with E-state index in [4.69, 9.17) is 27.9 Å². The summed E-state index contributed by atoms with van der Waals surface area (Å²) in [4.78, 5) is 20.6. The summed E-state index contributed by atoms with van der Waals surface area (Å²) in [5.74, 6) is 0.554. The normalized spacial score (nSPS) is 17.4. The van der Waals surface area contributed by atoms with E-state index in [-0.39, 0.29) is 5.56 Å². The van der Waals surface area contributed by atoms with E-state index in [0.29, 0.717) is 29.2 Å². The highest BCUT2D eigenvalue weighted by atomic mass is 35.5. The number of halogens is 2. The first-order valence-corrected chi connectivity index (χ1v) is 15.2. The number of imidazole rings is 1. The number of benzene rings is 3. The molecule has 3 aromatic carbocycles. The van der Waals surface area contributed by atoms with Crippen LogP contribution < -0.4 is 5.56 Å². The van der Waals surface area contributed by atoms with E-state index in [1.54, 1.807) is 6.07 Å². The summed E-state index contributed by atoms with van der Waals surface area (Å²) in [5.41, 5.74) is 5.28. The van der Waals surface area contributed by atoms with E-state index in [2.05, 4.69) is 44.8 Å². The summed E-state index contributed by atoms with van der Waals surface area (Å²) in [5, 5.41) is 2.34. The first-order chi connectivity index (χ1) is 20.4. The molecule has 8 heteroatoms. The van der Waals surface area contributed by atoms with Gasteiger partial charge in [-0.1, -0.05) is 53.5 Å². The molecule has 2 fully saturated rings. The van der Waals surface area contributed by atoms with Gasteiger partial charge in [-0.25, -0.2) is 4.98 Å². The van der Waals surface area contributed by atoms with Gasteiger partial charge in [-0.3, -0.25) is 9.69 Å². The predicted octanol–water partition coefficient (Wildman–Crippen LogP) is 6.74. The van der Waals surface area contributed by atoms with E-state index in [0.717, 1.165) is 58.5 Å². The summed E-state index contributed by atoms with van der Waals surface area (Å²) >= 11 is 12.9. The minimum Gasteiger partial charge on any atom is -0.379 e. The fourth-order valence-electron chi connectivity index (χ4n) is 6.54. The number of nitrogens with zero attached hydrogens (tertiary/aromatic N) is 4. The summed E-state index contributed by atoms with van der Waals surface area (Å²) < 4.78 is 9.88. The fraction of sp³-hybridized carbons (Fsp3) is 0.294. The van der Waals surface area contributed by atoms with Crippen molar-refractivity contribution in [2.75, 3.05) is 26.3 Å². The summed E-state index contributed by atoms with van der Waals surface area (Å²) in [6, 6.07) is 24.2. The number of hydrogen-bond acceptors (Lipinski definition) is 4. The topological polar surface area (TPSA) is 52.3 Å². The molecule has 0 bridgehead atoms. The van der Waals surface area contributed by atoms with Gasteiger partial charge in [0.25, 0.3) is 5.56 Å². The zero-order valence-corrected chi connectivity index (χ0v) is 25.0. The van der Waals surface area contributed by atoms with Gasteiger partial charge in [0, 0.05) is 48.2 Å². The van der Waals surface area contributed by atoms with Gasteiger partial charge >= 0.3 is 0 Å². The Morgan fingerprint density at radius 1 is 0.929 bits per heavy atom. The van der Waals surface area contributed by atoms with Gasteiger partial charge in [-0.05, 0) is 77.4 Å². The highest BCUT2D eigenvalue weighted by Crippen LogP contribution is 2.45. The molecule has 214 valence electrons. The van der Waals surface area contributed by atoms with Crippen LogP contribution in [0.2, 0.25) is 10.0 Å². The lowest BCUT2D eigenvalue weighted by Crippen LogP contribution is -2.53. The van der Waals surface area contributed by atoms with Gasteiger partial charge in [0.1, 0.15) is 5.54 Å². The Morgan fingerprint density at radius 2 is 1.69 bits per heavy atom. The molecule has 6 nitrogen and oxygen atoms in total. The van der Waals surface area contributed by atoms with Crippen molar-refractivity contribution in [2.24, 2.45) is 13.0 Å². The van der Waals surface area contributed by atoms with E-state index in [9.17, 15) is 4.79 Å². The van der Waals surface area contributed by atoms with Crippen LogP contribution in [0.15, 0.2) is 90.1 Å². The van der Waals surface area contributed by atoms with Crippen LogP contribution in [0, 0.1) is 5.92 Å². The monoisotopic (exact) mass is 598 g/mol. The van der Waals surface area contributed by atoms with Crippen molar-refractivity contribution in [1.29, 1.82) is 0 Å². The molecule has 1 unspecified atom stereocenters. The summed E-state index contributed by atoms with van der Waals surface area (Å²) in [6.45, 7) is 3.49. The maximum absolute atomic E-state index is 13.6. The van der Waals surface area contributed by atoms with Gasteiger partial charge in [0.05, 0.1) is 36.9 Å². The zero-order chi connectivity index (χ0) is 28.8. The Bertz CT molecular complexity index is 1820. The summed E-state index contributed by atoms with van der Waals surface area (Å²) in [7, 11) is 2.04. The van der Waals surface area contributed by atoms with E-state index in [1.807, 2.05) is 60.5 Å². The van der Waals surface area contributed by atoms with Crippen molar-refractivity contribution in [3.8, 4) is 11.1 Å². The fourth-order valence-corrected chi connectivity index (χ4v) is 6.85. The lowest BCUT2D eigenvalue weighted by Gasteiger charge is -2.46. The Hall–Kier alpha value is -3.42. The van der Waals surface area contributed by atoms with Crippen LogP contribution >= 0.6 is 23.2 Å². The smallest absolute Gasteiger partial charge is 0.251 e. The number of hydrogen-bond donors (Lipinski definition) is 0. The van der Waals surface area contributed by atoms with Gasteiger partial charge in [0.2, 0.25) is 0 Å². The van der Waals surface area contributed by atoms with Crippen LogP contribution in [0.1, 0.15) is 29.7 Å². The molecule has 0 radical (unpaired) electrons. The van der Waals surface area contributed by atoms with E-state index in [1.165, 1.54) is 12.8 Å². The highest BCUT2D eigenvalue weighted by Gasteiger charge is 2.45. The van der Waals surface area contributed by atoms with Crippen molar-refractivity contribution in [3.63, 3.8) is 0 Å². The molecule has 2 aliphatic rings. The highest BCUT2D eigenvalue weighted by molar-refractivity contribution is 6.31. The Labute approximate surface area is 255 Å². The number of aromatic nitrogens is 3. The molecule has 0 N–H and O–H groups in total. The second-order valence-electron chi connectivity index (χ2n) is 11.4. The van der Waals surface area contributed by atoms with Crippen LogP contribution in [-0.2, 0) is 23.9 Å². The van der Waals surface area contributed by atoms with E-state index >= 15 is 0 Å². The molecule has 1 aliphatic carbocycles. The molecular weight excluding hydrogens is 567 g/mol. The van der Waals surface area contributed by atoms with Crippen molar-refractivity contribution in [2.45, 2.75) is 24.9 Å². The molecule has 0 amide bonds. The molecule has 0 spiro atoms. The molecule has 1 saturated carbocycles. The zero-order valence-electron chi connectivity index (χ0n) is 23.5. The average molecular weight is 600 g/mol. The third-order valence-electron chi connectivity index (χ3n) is 8.74. The largest absolute Gasteiger partial charge is 0.379 e. The molecule has 3 heterocycles. The Morgan fingerprint density at radius 3 is 2.38 bits per heavy atom. The Balaban J connectivity index is 1.56. The first kappa shape index (κ1) is 27.4.